The third kappa shape index (κ3) is 44.5. The Kier molecular flexibility index (Phi) is 42.2. The van der Waals surface area contributed by atoms with Crippen molar-refractivity contribution in [1.82, 2.24) is 0 Å². The van der Waals surface area contributed by atoms with Gasteiger partial charge in [-0.15, -0.1) is 0 Å². The van der Waals surface area contributed by atoms with Gasteiger partial charge in [0, 0.05) is 13.0 Å². The van der Waals surface area contributed by atoms with Gasteiger partial charge in [-0.25, -0.2) is 4.57 Å². The maximum absolute atomic E-state index is 12.6. The molecule has 0 heterocycles. The van der Waals surface area contributed by atoms with E-state index in [2.05, 4.69) is 123 Å². The summed E-state index contributed by atoms with van der Waals surface area (Å²) in [4.78, 5) is 33.6. The van der Waals surface area contributed by atoms with E-state index in [1.165, 1.54) is 19.3 Å². The average Bonchev–Trinajstić information content (AvgIpc) is 3.24. The fraction of sp³-hybridized carbons (Fsp3) is 0.600. The molecule has 0 aliphatic carbocycles. The van der Waals surface area contributed by atoms with Crippen molar-refractivity contribution in [2.24, 2.45) is 5.73 Å². The van der Waals surface area contributed by atoms with Crippen LogP contribution in [0.25, 0.3) is 0 Å². The Balaban J connectivity index is 4.35. The normalized spacial score (nSPS) is 14.8. The molecular weight excluding hydrogens is 790 g/mol. The molecule has 0 aliphatic heterocycles. The summed E-state index contributed by atoms with van der Waals surface area (Å²) in [6.07, 6.45) is 60.0. The minimum absolute atomic E-state index is 0.0267. The van der Waals surface area contributed by atoms with Crippen LogP contribution in [0, 0.1) is 0 Å². The lowest BCUT2D eigenvalue weighted by Gasteiger charge is -2.20. The number of aliphatic carboxylic acids is 1. The summed E-state index contributed by atoms with van der Waals surface area (Å²) in [5, 5.41) is 8.91. The first kappa shape index (κ1) is 57.6. The lowest BCUT2D eigenvalue weighted by atomic mass is 10.1. The molecule has 0 fully saturated rings. The lowest BCUT2D eigenvalue weighted by molar-refractivity contribution is -0.154. The number of phosphoric acid groups is 1. The third-order valence-electron chi connectivity index (χ3n) is 9.04. The topological polar surface area (TPSA) is 155 Å². The summed E-state index contributed by atoms with van der Waals surface area (Å²) in [6, 6.07) is -1.49. The van der Waals surface area contributed by atoms with E-state index in [0.717, 1.165) is 109 Å². The predicted molar refractivity (Wildman–Crippen MR) is 253 cm³/mol. The first-order valence-electron chi connectivity index (χ1n) is 22.9. The summed E-state index contributed by atoms with van der Waals surface area (Å²) in [6.45, 7) is 3.58. The quantitative estimate of drug-likeness (QED) is 0.0234. The van der Waals surface area contributed by atoms with Gasteiger partial charge in [0.2, 0.25) is 0 Å². The summed E-state index contributed by atoms with van der Waals surface area (Å²) in [5.41, 5.74) is 5.35. The van der Waals surface area contributed by atoms with Crippen LogP contribution in [0.15, 0.2) is 109 Å². The Hall–Kier alpha value is -3.37. The van der Waals surface area contributed by atoms with Gasteiger partial charge in [0.1, 0.15) is 12.1 Å². The summed E-state index contributed by atoms with van der Waals surface area (Å²) in [7, 11) is -4.64. The van der Waals surface area contributed by atoms with E-state index in [1.54, 1.807) is 0 Å². The highest BCUT2D eigenvalue weighted by molar-refractivity contribution is 7.47. The van der Waals surface area contributed by atoms with Gasteiger partial charge in [-0.05, 0) is 103 Å². The molecule has 4 N–H and O–H groups in total. The lowest BCUT2D eigenvalue weighted by Crippen LogP contribution is -2.34. The number of esters is 1. The number of hydrogen-bond donors (Lipinski definition) is 3. The Bertz CT molecular complexity index is 1380. The van der Waals surface area contributed by atoms with Gasteiger partial charge in [-0.2, -0.15) is 0 Å². The molecule has 0 saturated carbocycles. The van der Waals surface area contributed by atoms with Crippen LogP contribution in [-0.4, -0.2) is 60.5 Å². The maximum Gasteiger partial charge on any atom is 0.472 e. The zero-order chi connectivity index (χ0) is 44.8. The Morgan fingerprint density at radius 3 is 1.43 bits per heavy atom. The fourth-order valence-corrected chi connectivity index (χ4v) is 6.27. The van der Waals surface area contributed by atoms with E-state index >= 15 is 0 Å². The smallest absolute Gasteiger partial charge is 0.472 e. The highest BCUT2D eigenvalue weighted by atomic mass is 31.2. The van der Waals surface area contributed by atoms with Crippen LogP contribution in [-0.2, 0) is 32.7 Å². The molecule has 0 bridgehead atoms. The van der Waals surface area contributed by atoms with E-state index in [-0.39, 0.29) is 13.0 Å². The van der Waals surface area contributed by atoms with Crippen LogP contribution in [0.4, 0.5) is 0 Å². The molecule has 0 aromatic carbocycles. The summed E-state index contributed by atoms with van der Waals surface area (Å²) >= 11 is 0. The SMILES string of the molecule is CC/C=C\C/C=C\C/C=C\C/C=C\C/C=C\C/C=C\C/C=C\CCCCOCC(COP(=O)(O)OCC(N)C(=O)O)OC(=O)CCCCCCC/C=C\C/C=C\CCCCC. The molecule has 0 radical (unpaired) electrons. The Morgan fingerprint density at radius 1 is 0.541 bits per heavy atom. The van der Waals surface area contributed by atoms with Crippen molar-refractivity contribution in [3.05, 3.63) is 109 Å². The number of allylic oxidation sites excluding steroid dienone is 18. The molecule has 3 atom stereocenters. The molecule has 346 valence electrons. The van der Waals surface area contributed by atoms with Crippen molar-refractivity contribution in [1.29, 1.82) is 0 Å². The van der Waals surface area contributed by atoms with Crippen molar-refractivity contribution in [2.45, 2.75) is 167 Å². The van der Waals surface area contributed by atoms with Gasteiger partial charge in [-0.3, -0.25) is 18.6 Å². The molecule has 61 heavy (non-hydrogen) atoms. The van der Waals surface area contributed by atoms with E-state index in [1.807, 2.05) is 0 Å². The Morgan fingerprint density at radius 2 is 0.951 bits per heavy atom. The fourth-order valence-electron chi connectivity index (χ4n) is 5.49. The third-order valence-corrected chi connectivity index (χ3v) is 9.99. The number of ether oxygens (including phenoxy) is 2. The zero-order valence-electron chi connectivity index (χ0n) is 37.7. The number of carboxylic acids is 1. The molecule has 0 aromatic rings. The minimum Gasteiger partial charge on any atom is -0.480 e. The standard InChI is InChI=1S/C50H82NO9P/c1-3-5-7-9-11-13-15-17-19-20-21-22-23-24-25-26-27-29-31-33-35-37-39-41-43-57-44-47(45-58-61(55,56)59-46-48(51)50(53)54)60-49(52)42-40-38-36-34-32-30-28-18-16-14-12-10-8-6-4-2/h5,7,11-14,17-19,21-22,24-25,27-29,33,35,47-48H,3-4,6,8-10,15-16,20,23,26,30-32,34,36-46,51H2,1-2H3,(H,53,54)(H,55,56)/b7-5-,13-11-,14-12-,19-17-,22-21-,25-24-,28-18-,29-27-,35-33-. The van der Waals surface area contributed by atoms with Crippen LogP contribution in [0.3, 0.4) is 0 Å². The van der Waals surface area contributed by atoms with E-state index in [4.69, 9.17) is 29.4 Å². The van der Waals surface area contributed by atoms with Gasteiger partial charge in [0.05, 0.1) is 19.8 Å². The molecule has 0 aromatic heterocycles. The van der Waals surface area contributed by atoms with E-state index < -0.39 is 45.1 Å². The van der Waals surface area contributed by atoms with Gasteiger partial charge in [0.25, 0.3) is 0 Å². The average molecular weight is 872 g/mol. The predicted octanol–water partition coefficient (Wildman–Crippen LogP) is 13.1. The second-order valence-electron chi connectivity index (χ2n) is 14.8. The van der Waals surface area contributed by atoms with Crippen LogP contribution in [0.1, 0.15) is 155 Å². The monoisotopic (exact) mass is 872 g/mol. The van der Waals surface area contributed by atoms with Crippen molar-refractivity contribution in [3.63, 3.8) is 0 Å². The second-order valence-corrected chi connectivity index (χ2v) is 16.2. The highest BCUT2D eigenvalue weighted by Crippen LogP contribution is 2.43. The molecule has 0 amide bonds. The Labute approximate surface area is 370 Å². The van der Waals surface area contributed by atoms with Crippen molar-refractivity contribution in [2.75, 3.05) is 26.4 Å². The number of carbonyl (C=O) groups excluding carboxylic acids is 1. The first-order chi connectivity index (χ1) is 29.7. The number of hydrogen-bond acceptors (Lipinski definition) is 8. The van der Waals surface area contributed by atoms with Crippen molar-refractivity contribution in [3.8, 4) is 0 Å². The molecule has 10 nitrogen and oxygen atoms in total. The highest BCUT2D eigenvalue weighted by Gasteiger charge is 2.27. The molecule has 11 heteroatoms. The number of unbranched alkanes of at least 4 members (excludes halogenated alkanes) is 10. The molecular formula is C50H82NO9P. The number of phosphoric ester groups is 1. The van der Waals surface area contributed by atoms with Crippen molar-refractivity contribution < 1.29 is 42.7 Å². The molecule has 0 saturated heterocycles. The molecule has 0 spiro atoms. The minimum atomic E-state index is -4.64. The van der Waals surface area contributed by atoms with Gasteiger partial charge in [0.15, 0.2) is 0 Å². The number of nitrogens with two attached hydrogens (primary N) is 1. The number of carbonyl (C=O) groups is 2. The molecule has 0 aliphatic rings. The van der Waals surface area contributed by atoms with Gasteiger partial charge < -0.3 is 25.2 Å². The maximum atomic E-state index is 12.6. The van der Waals surface area contributed by atoms with Crippen LogP contribution < -0.4 is 5.73 Å². The van der Waals surface area contributed by atoms with E-state index in [9.17, 15) is 19.0 Å². The number of carboxylic acid groups (broad SMARTS) is 1. The summed E-state index contributed by atoms with van der Waals surface area (Å²) < 4.78 is 33.3. The van der Waals surface area contributed by atoms with Crippen LogP contribution >= 0.6 is 7.82 Å². The molecule has 0 rings (SSSR count). The number of rotatable bonds is 42. The van der Waals surface area contributed by atoms with Gasteiger partial charge in [-0.1, -0.05) is 155 Å². The van der Waals surface area contributed by atoms with E-state index in [0.29, 0.717) is 13.0 Å². The second kappa shape index (κ2) is 44.7. The largest absolute Gasteiger partial charge is 0.480 e. The first-order valence-corrected chi connectivity index (χ1v) is 24.4. The zero-order valence-corrected chi connectivity index (χ0v) is 38.6. The van der Waals surface area contributed by atoms with Crippen LogP contribution in [0.2, 0.25) is 0 Å². The molecule has 3 unspecified atom stereocenters. The summed E-state index contributed by atoms with van der Waals surface area (Å²) in [5.74, 6) is -1.82. The van der Waals surface area contributed by atoms with Crippen LogP contribution in [0.5, 0.6) is 0 Å². The van der Waals surface area contributed by atoms with Gasteiger partial charge >= 0.3 is 19.8 Å². The van der Waals surface area contributed by atoms with Crippen molar-refractivity contribution >= 4 is 19.8 Å².